The number of benzene rings is 2. The molecule has 0 saturated heterocycles. The van der Waals surface area contributed by atoms with Crippen molar-refractivity contribution in [3.8, 4) is 22.9 Å². The van der Waals surface area contributed by atoms with Crippen molar-refractivity contribution < 1.29 is 13.9 Å². The fourth-order valence-corrected chi connectivity index (χ4v) is 4.96. The smallest absolute Gasteiger partial charge is 0.295 e. The van der Waals surface area contributed by atoms with Crippen molar-refractivity contribution in [3.63, 3.8) is 0 Å². The molecule has 1 saturated carbocycles. The van der Waals surface area contributed by atoms with Gasteiger partial charge in [-0.15, -0.1) is 10.2 Å². The number of para-hydroxylation sites is 1. The van der Waals surface area contributed by atoms with E-state index in [1.807, 2.05) is 37.3 Å². The maximum atomic E-state index is 13.2. The number of aromatic nitrogens is 4. The van der Waals surface area contributed by atoms with Gasteiger partial charge in [0.05, 0.1) is 23.6 Å². The highest BCUT2D eigenvalue weighted by molar-refractivity contribution is 6.30. The zero-order valence-corrected chi connectivity index (χ0v) is 21.4. The summed E-state index contributed by atoms with van der Waals surface area (Å²) in [5.41, 5.74) is 1.91. The molecule has 5 rings (SSSR count). The molecule has 9 nitrogen and oxygen atoms in total. The summed E-state index contributed by atoms with van der Waals surface area (Å²) in [7, 11) is 0. The molecule has 2 aromatic heterocycles. The molecule has 37 heavy (non-hydrogen) atoms. The van der Waals surface area contributed by atoms with Crippen molar-refractivity contribution in [2.45, 2.75) is 45.4 Å². The van der Waals surface area contributed by atoms with Crippen LogP contribution in [0.15, 0.2) is 57.7 Å². The number of nitrogens with zero attached hydrogens (tertiary/aromatic N) is 3. The number of hydrogen-bond donors (Lipinski definition) is 2. The monoisotopic (exact) mass is 521 g/mol. The molecule has 1 aliphatic carbocycles. The summed E-state index contributed by atoms with van der Waals surface area (Å²) in [6.45, 7) is 4.16. The number of rotatable bonds is 7. The molecule has 1 aliphatic rings. The fourth-order valence-electron chi connectivity index (χ4n) is 4.79. The van der Waals surface area contributed by atoms with Crippen LogP contribution in [-0.4, -0.2) is 32.5 Å². The highest BCUT2D eigenvalue weighted by atomic mass is 35.5. The number of ether oxygens (including phenoxy) is 1. The predicted molar refractivity (Wildman–Crippen MR) is 140 cm³/mol. The van der Waals surface area contributed by atoms with Gasteiger partial charge >= 0.3 is 0 Å². The third-order valence-corrected chi connectivity index (χ3v) is 6.88. The van der Waals surface area contributed by atoms with Gasteiger partial charge in [-0.25, -0.2) is 4.68 Å². The Morgan fingerprint density at radius 2 is 2.03 bits per heavy atom. The topological polar surface area (TPSA) is 115 Å². The molecule has 2 N–H and O–H groups in total. The van der Waals surface area contributed by atoms with Crippen LogP contribution < -0.4 is 15.6 Å². The van der Waals surface area contributed by atoms with Gasteiger partial charge in [0.15, 0.2) is 0 Å². The lowest BCUT2D eigenvalue weighted by Crippen LogP contribution is -2.30. The van der Waals surface area contributed by atoms with E-state index in [0.717, 1.165) is 19.3 Å². The van der Waals surface area contributed by atoms with E-state index in [4.69, 9.17) is 20.8 Å². The minimum Gasteiger partial charge on any atom is -0.493 e. The summed E-state index contributed by atoms with van der Waals surface area (Å²) in [5.74, 6) is 0.909. The molecule has 2 heterocycles. The predicted octanol–water partition coefficient (Wildman–Crippen LogP) is 5.49. The van der Waals surface area contributed by atoms with Crippen molar-refractivity contribution in [3.05, 3.63) is 75.5 Å². The van der Waals surface area contributed by atoms with E-state index in [0.29, 0.717) is 52.5 Å². The van der Waals surface area contributed by atoms with Crippen LogP contribution in [0.1, 0.15) is 50.1 Å². The second-order valence-corrected chi connectivity index (χ2v) is 9.59. The second kappa shape index (κ2) is 10.6. The molecule has 1 amide bonds. The first kappa shape index (κ1) is 24.8. The number of hydrogen-bond acceptors (Lipinski definition) is 6. The average molecular weight is 522 g/mol. The summed E-state index contributed by atoms with van der Waals surface area (Å²) in [6, 6.07) is 14.5. The molecule has 2 aromatic carbocycles. The molecule has 10 heteroatoms. The van der Waals surface area contributed by atoms with E-state index in [1.165, 1.54) is 4.68 Å². The van der Waals surface area contributed by atoms with Crippen molar-refractivity contribution in [1.29, 1.82) is 0 Å². The van der Waals surface area contributed by atoms with Crippen LogP contribution in [0, 0.1) is 12.8 Å². The van der Waals surface area contributed by atoms with Gasteiger partial charge in [0.2, 0.25) is 11.8 Å². The Balaban J connectivity index is 1.31. The number of amides is 1. The van der Waals surface area contributed by atoms with Gasteiger partial charge in [-0.3, -0.25) is 14.7 Å². The number of aromatic amines is 1. The summed E-state index contributed by atoms with van der Waals surface area (Å²) in [4.78, 5) is 26.2. The Bertz CT molecular complexity index is 1460. The quantitative estimate of drug-likeness (QED) is 0.332. The van der Waals surface area contributed by atoms with E-state index in [-0.39, 0.29) is 29.0 Å². The van der Waals surface area contributed by atoms with E-state index >= 15 is 0 Å². The number of carbonyl (C=O) groups is 1. The fraction of sp³-hybridized carbons (Fsp3) is 0.333. The first-order valence-corrected chi connectivity index (χ1v) is 12.8. The standard InChI is InChI=1S/C27H28ClN5O4/c1-3-36-22-13-12-19(28)15-21(22)26-31-30-25(37-26)18-9-7-8-17(14-18)24(34)29-23-16(2)32-33(27(23)35)20-10-5-4-6-11-20/h4-6,10-13,15,17-18,32H,3,7-9,14H2,1-2H3,(H,29,34)/t17-,18+/m1/s1. The molecule has 0 aliphatic heterocycles. The summed E-state index contributed by atoms with van der Waals surface area (Å²) >= 11 is 6.19. The van der Waals surface area contributed by atoms with Gasteiger partial charge < -0.3 is 14.5 Å². The average Bonchev–Trinajstić information content (AvgIpc) is 3.51. The van der Waals surface area contributed by atoms with Gasteiger partial charge in [0.25, 0.3) is 11.4 Å². The van der Waals surface area contributed by atoms with E-state index in [9.17, 15) is 9.59 Å². The van der Waals surface area contributed by atoms with Gasteiger partial charge in [-0.2, -0.15) is 0 Å². The molecule has 0 unspecified atom stereocenters. The SMILES string of the molecule is CCOc1ccc(Cl)cc1-c1nnc([C@H]2CCC[C@@H](C(=O)Nc3c(C)[nH]n(-c4ccccc4)c3=O)C2)o1. The zero-order valence-electron chi connectivity index (χ0n) is 20.7. The molecule has 4 aromatic rings. The van der Waals surface area contributed by atoms with Crippen LogP contribution in [0.25, 0.3) is 17.1 Å². The van der Waals surface area contributed by atoms with Gasteiger partial charge in [-0.05, 0) is 63.4 Å². The molecule has 192 valence electrons. The van der Waals surface area contributed by atoms with Crippen LogP contribution in [0.5, 0.6) is 5.75 Å². The molecule has 2 atom stereocenters. The Kier molecular flexibility index (Phi) is 7.14. The first-order valence-electron chi connectivity index (χ1n) is 12.4. The number of anilines is 1. The zero-order chi connectivity index (χ0) is 25.9. The molecule has 0 radical (unpaired) electrons. The number of aryl methyl sites for hydroxylation is 1. The Morgan fingerprint density at radius 1 is 1.22 bits per heavy atom. The van der Waals surface area contributed by atoms with Gasteiger partial charge in [0.1, 0.15) is 11.4 Å². The van der Waals surface area contributed by atoms with Crippen molar-refractivity contribution in [1.82, 2.24) is 20.0 Å². The summed E-state index contributed by atoms with van der Waals surface area (Å²) in [5, 5.41) is 15.0. The first-order chi connectivity index (χ1) is 17.9. The summed E-state index contributed by atoms with van der Waals surface area (Å²) in [6.07, 6.45) is 2.95. The minimum absolute atomic E-state index is 0.0613. The highest BCUT2D eigenvalue weighted by Gasteiger charge is 2.32. The third-order valence-electron chi connectivity index (χ3n) is 6.64. The lowest BCUT2D eigenvalue weighted by atomic mass is 9.81. The Hall–Kier alpha value is -3.85. The van der Waals surface area contributed by atoms with Crippen molar-refractivity contribution in [2.24, 2.45) is 5.92 Å². The molecule has 0 spiro atoms. The maximum Gasteiger partial charge on any atom is 0.295 e. The van der Waals surface area contributed by atoms with Crippen molar-refractivity contribution in [2.75, 3.05) is 11.9 Å². The van der Waals surface area contributed by atoms with Gasteiger partial charge in [0, 0.05) is 16.9 Å². The van der Waals surface area contributed by atoms with Gasteiger partial charge in [-0.1, -0.05) is 36.2 Å². The van der Waals surface area contributed by atoms with Crippen LogP contribution in [0.4, 0.5) is 5.69 Å². The summed E-state index contributed by atoms with van der Waals surface area (Å²) < 4.78 is 13.2. The van der Waals surface area contributed by atoms with Crippen LogP contribution >= 0.6 is 11.6 Å². The lowest BCUT2D eigenvalue weighted by molar-refractivity contribution is -0.121. The number of H-pyrrole nitrogens is 1. The van der Waals surface area contributed by atoms with Crippen LogP contribution in [0.3, 0.4) is 0 Å². The second-order valence-electron chi connectivity index (χ2n) is 9.16. The number of nitrogens with one attached hydrogen (secondary N) is 2. The Morgan fingerprint density at radius 3 is 2.81 bits per heavy atom. The molecule has 1 fully saturated rings. The highest BCUT2D eigenvalue weighted by Crippen LogP contribution is 2.38. The van der Waals surface area contributed by atoms with E-state index < -0.39 is 0 Å². The molecular weight excluding hydrogens is 494 g/mol. The minimum atomic E-state index is -0.294. The van der Waals surface area contributed by atoms with Crippen LogP contribution in [-0.2, 0) is 4.79 Å². The maximum absolute atomic E-state index is 13.2. The third kappa shape index (κ3) is 5.17. The van der Waals surface area contributed by atoms with E-state index in [1.54, 1.807) is 25.1 Å². The molecule has 0 bridgehead atoms. The normalized spacial score (nSPS) is 17.5. The lowest BCUT2D eigenvalue weighted by Gasteiger charge is -2.26. The Labute approximate surface area is 218 Å². The molecular formula is C27H28ClN5O4. The van der Waals surface area contributed by atoms with Crippen molar-refractivity contribution >= 4 is 23.2 Å². The largest absolute Gasteiger partial charge is 0.493 e. The van der Waals surface area contributed by atoms with Crippen LogP contribution in [0.2, 0.25) is 5.02 Å². The number of halogens is 1. The van der Waals surface area contributed by atoms with E-state index in [2.05, 4.69) is 20.6 Å². The number of carbonyl (C=O) groups excluding carboxylic acids is 1.